The number of aromatic nitrogens is 1. The maximum absolute atomic E-state index is 12.4. The third-order valence-corrected chi connectivity index (χ3v) is 3.69. The molecule has 0 aromatic carbocycles. The predicted octanol–water partition coefficient (Wildman–Crippen LogP) is 3.04. The van der Waals surface area contributed by atoms with Gasteiger partial charge in [-0.1, -0.05) is 13.0 Å². The number of aryl methyl sites for hydroxylation is 1. The van der Waals surface area contributed by atoms with Crippen molar-refractivity contribution in [2.45, 2.75) is 39.2 Å². The van der Waals surface area contributed by atoms with E-state index in [1.807, 2.05) is 37.2 Å². The second-order valence-electron chi connectivity index (χ2n) is 5.00. The van der Waals surface area contributed by atoms with Gasteiger partial charge in [-0.2, -0.15) is 0 Å². The summed E-state index contributed by atoms with van der Waals surface area (Å²) >= 11 is 0. The van der Waals surface area contributed by atoms with Crippen LogP contribution in [-0.4, -0.2) is 21.9 Å². The van der Waals surface area contributed by atoms with Crippen molar-refractivity contribution in [1.82, 2.24) is 9.47 Å². The van der Waals surface area contributed by atoms with E-state index in [2.05, 4.69) is 17.6 Å². The van der Waals surface area contributed by atoms with Crippen molar-refractivity contribution in [3.63, 3.8) is 0 Å². The minimum Gasteiger partial charge on any atom is -0.353 e. The average Bonchev–Trinajstić information content (AvgIpc) is 2.96. The highest BCUT2D eigenvalue weighted by molar-refractivity contribution is 5.93. The first kappa shape index (κ1) is 12.9. The number of carbonyl (C=O) groups excluding carboxylic acids is 1. The highest BCUT2D eigenvalue weighted by Gasteiger charge is 2.31. The first-order valence-electron chi connectivity index (χ1n) is 6.74. The molecule has 0 unspecified atom stereocenters. The van der Waals surface area contributed by atoms with Gasteiger partial charge < -0.3 is 9.47 Å². The van der Waals surface area contributed by atoms with Crippen LogP contribution in [-0.2, 0) is 11.8 Å². The van der Waals surface area contributed by atoms with Crippen LogP contribution in [0.15, 0.2) is 30.0 Å². The van der Waals surface area contributed by atoms with Gasteiger partial charge in [0.05, 0.1) is 6.04 Å². The van der Waals surface area contributed by atoms with Gasteiger partial charge in [0, 0.05) is 31.1 Å². The predicted molar refractivity (Wildman–Crippen MR) is 73.1 cm³/mol. The van der Waals surface area contributed by atoms with Crippen LogP contribution < -0.4 is 0 Å². The molecule has 3 heteroatoms. The Hall–Kier alpha value is -1.51. The molecule has 0 spiro atoms. The molecule has 1 aromatic heterocycles. The molecule has 1 aliphatic rings. The lowest BCUT2D eigenvalue weighted by Crippen LogP contribution is -2.31. The molecule has 1 aliphatic heterocycles. The Kier molecular flexibility index (Phi) is 3.90. The monoisotopic (exact) mass is 246 g/mol. The number of nitrogens with zero attached hydrogens (tertiary/aromatic N) is 2. The first-order chi connectivity index (χ1) is 8.65. The quantitative estimate of drug-likeness (QED) is 0.752. The van der Waals surface area contributed by atoms with Crippen molar-refractivity contribution in [2.24, 2.45) is 7.05 Å². The molecular formula is C15H22N2O. The van der Waals surface area contributed by atoms with Gasteiger partial charge in [-0.05, 0) is 38.3 Å². The molecule has 0 saturated carbocycles. The smallest absolute Gasteiger partial charge is 0.249 e. The van der Waals surface area contributed by atoms with Crippen LogP contribution in [0.2, 0.25) is 0 Å². The van der Waals surface area contributed by atoms with E-state index in [1.165, 1.54) is 5.69 Å². The zero-order valence-corrected chi connectivity index (χ0v) is 11.5. The lowest BCUT2D eigenvalue weighted by molar-refractivity contribution is -0.128. The van der Waals surface area contributed by atoms with Crippen LogP contribution in [0, 0.1) is 0 Å². The summed E-state index contributed by atoms with van der Waals surface area (Å²) in [5, 5.41) is 0. The number of rotatable bonds is 3. The summed E-state index contributed by atoms with van der Waals surface area (Å²) in [6, 6.07) is 4.41. The van der Waals surface area contributed by atoms with E-state index < -0.39 is 0 Å². The van der Waals surface area contributed by atoms with Gasteiger partial charge in [-0.3, -0.25) is 4.79 Å². The maximum atomic E-state index is 12.4. The van der Waals surface area contributed by atoms with E-state index in [0.29, 0.717) is 0 Å². The molecule has 0 N–H and O–H groups in total. The van der Waals surface area contributed by atoms with Crippen LogP contribution in [0.25, 0.3) is 0 Å². The lowest BCUT2D eigenvalue weighted by atomic mass is 10.1. The molecular weight excluding hydrogens is 224 g/mol. The van der Waals surface area contributed by atoms with E-state index >= 15 is 0 Å². The van der Waals surface area contributed by atoms with Gasteiger partial charge in [-0.25, -0.2) is 0 Å². The number of carbonyl (C=O) groups is 1. The average molecular weight is 246 g/mol. The minimum absolute atomic E-state index is 0.195. The Morgan fingerprint density at radius 3 is 2.94 bits per heavy atom. The molecule has 18 heavy (non-hydrogen) atoms. The Labute approximate surface area is 109 Å². The van der Waals surface area contributed by atoms with Crippen molar-refractivity contribution < 1.29 is 4.79 Å². The van der Waals surface area contributed by atoms with Crippen LogP contribution >= 0.6 is 0 Å². The van der Waals surface area contributed by atoms with Gasteiger partial charge >= 0.3 is 0 Å². The van der Waals surface area contributed by atoms with E-state index in [9.17, 15) is 4.79 Å². The third kappa shape index (κ3) is 2.35. The van der Waals surface area contributed by atoms with Gasteiger partial charge in [-0.15, -0.1) is 0 Å². The molecule has 3 nitrogen and oxygen atoms in total. The van der Waals surface area contributed by atoms with Crippen molar-refractivity contribution in [3.05, 3.63) is 35.7 Å². The molecule has 1 atom stereocenters. The SMILES string of the molecule is CC/C=C(/C)C(=O)N1CCC[C@@H]1c1cccn1C. The summed E-state index contributed by atoms with van der Waals surface area (Å²) < 4.78 is 2.12. The van der Waals surface area contributed by atoms with Crippen molar-refractivity contribution in [1.29, 1.82) is 0 Å². The third-order valence-electron chi connectivity index (χ3n) is 3.69. The largest absolute Gasteiger partial charge is 0.353 e. The van der Waals surface area contributed by atoms with Gasteiger partial charge in [0.15, 0.2) is 0 Å². The molecule has 1 saturated heterocycles. The fourth-order valence-corrected chi connectivity index (χ4v) is 2.76. The van der Waals surface area contributed by atoms with E-state index in [4.69, 9.17) is 0 Å². The molecule has 1 aromatic rings. The number of likely N-dealkylation sites (tertiary alicyclic amines) is 1. The summed E-state index contributed by atoms with van der Waals surface area (Å²) in [6.45, 7) is 4.87. The zero-order chi connectivity index (χ0) is 13.1. The standard InChI is InChI=1S/C15H22N2O/c1-4-7-12(2)15(18)17-11-6-9-14(17)13-8-5-10-16(13)3/h5,7-8,10,14H,4,6,9,11H2,1-3H3/b12-7-/t14-/m1/s1. The number of hydrogen-bond donors (Lipinski definition) is 0. The topological polar surface area (TPSA) is 25.2 Å². The van der Waals surface area contributed by atoms with Gasteiger partial charge in [0.1, 0.15) is 0 Å². The molecule has 98 valence electrons. The minimum atomic E-state index is 0.195. The Balaban J connectivity index is 2.21. The summed E-state index contributed by atoms with van der Waals surface area (Å²) in [7, 11) is 2.05. The molecule has 0 bridgehead atoms. The van der Waals surface area contributed by atoms with Crippen molar-refractivity contribution in [3.8, 4) is 0 Å². The van der Waals surface area contributed by atoms with Crippen LogP contribution in [0.3, 0.4) is 0 Å². The molecule has 0 radical (unpaired) electrons. The van der Waals surface area contributed by atoms with Gasteiger partial charge in [0.25, 0.3) is 0 Å². The van der Waals surface area contributed by atoms with E-state index in [0.717, 1.165) is 31.4 Å². The zero-order valence-electron chi connectivity index (χ0n) is 11.5. The molecule has 2 heterocycles. The summed E-state index contributed by atoms with van der Waals surface area (Å²) in [5.74, 6) is 0.195. The Morgan fingerprint density at radius 1 is 1.56 bits per heavy atom. The van der Waals surface area contributed by atoms with Crippen LogP contribution in [0.5, 0.6) is 0 Å². The van der Waals surface area contributed by atoms with Crippen LogP contribution in [0.4, 0.5) is 0 Å². The maximum Gasteiger partial charge on any atom is 0.249 e. The van der Waals surface area contributed by atoms with Crippen LogP contribution in [0.1, 0.15) is 44.8 Å². The Bertz CT molecular complexity index is 459. The number of allylic oxidation sites excluding steroid dienone is 1. The molecule has 2 rings (SSSR count). The number of hydrogen-bond acceptors (Lipinski definition) is 1. The fraction of sp³-hybridized carbons (Fsp3) is 0.533. The van der Waals surface area contributed by atoms with Crippen molar-refractivity contribution in [2.75, 3.05) is 6.54 Å². The lowest BCUT2D eigenvalue weighted by Gasteiger charge is -2.25. The normalized spacial score (nSPS) is 20.5. The highest BCUT2D eigenvalue weighted by Crippen LogP contribution is 2.32. The highest BCUT2D eigenvalue weighted by atomic mass is 16.2. The second kappa shape index (κ2) is 5.42. The van der Waals surface area contributed by atoms with E-state index in [1.54, 1.807) is 0 Å². The second-order valence-corrected chi connectivity index (χ2v) is 5.00. The summed E-state index contributed by atoms with van der Waals surface area (Å²) in [5.41, 5.74) is 2.11. The molecule has 1 fully saturated rings. The summed E-state index contributed by atoms with van der Waals surface area (Å²) in [4.78, 5) is 14.4. The van der Waals surface area contributed by atoms with E-state index in [-0.39, 0.29) is 11.9 Å². The molecule has 0 aliphatic carbocycles. The summed E-state index contributed by atoms with van der Waals surface area (Å²) in [6.07, 6.45) is 7.15. The van der Waals surface area contributed by atoms with Gasteiger partial charge in [0.2, 0.25) is 5.91 Å². The first-order valence-corrected chi connectivity index (χ1v) is 6.74. The number of amides is 1. The Morgan fingerprint density at radius 2 is 2.33 bits per heavy atom. The fourth-order valence-electron chi connectivity index (χ4n) is 2.76. The van der Waals surface area contributed by atoms with Crippen molar-refractivity contribution >= 4 is 5.91 Å². The molecule has 1 amide bonds.